The number of furan rings is 1. The van der Waals surface area contributed by atoms with Crippen LogP contribution < -0.4 is 5.32 Å². The van der Waals surface area contributed by atoms with Crippen LogP contribution in [0, 0.1) is 0 Å². The first-order chi connectivity index (χ1) is 10.2. The quantitative estimate of drug-likeness (QED) is 0.691. The maximum absolute atomic E-state index is 5.78. The van der Waals surface area contributed by atoms with Crippen LogP contribution in [0.15, 0.2) is 50.5 Å². The van der Waals surface area contributed by atoms with Gasteiger partial charge in [-0.15, -0.1) is 0 Å². The van der Waals surface area contributed by atoms with Crippen molar-refractivity contribution >= 4 is 22.9 Å². The summed E-state index contributed by atoms with van der Waals surface area (Å²) in [5.41, 5.74) is 1.71. The molecule has 0 fully saturated rings. The van der Waals surface area contributed by atoms with E-state index in [0.29, 0.717) is 17.0 Å². The number of nitrogens with one attached hydrogen (secondary N) is 1. The fraction of sp³-hybridized carbons (Fsp3) is 0.312. The van der Waals surface area contributed by atoms with Crippen LogP contribution in [0.3, 0.4) is 0 Å². The molecule has 3 rings (SSSR count). The Morgan fingerprint density at radius 3 is 2.71 bits per heavy atom. The van der Waals surface area contributed by atoms with Crippen molar-refractivity contribution in [1.29, 1.82) is 0 Å². The third-order valence-corrected chi connectivity index (χ3v) is 3.86. The van der Waals surface area contributed by atoms with Crippen LogP contribution in [0.5, 0.6) is 0 Å². The molecule has 2 aromatic heterocycles. The highest BCUT2D eigenvalue weighted by Crippen LogP contribution is 2.26. The summed E-state index contributed by atoms with van der Waals surface area (Å²) in [6.45, 7) is 4.99. The molecule has 4 nitrogen and oxygen atoms in total. The van der Waals surface area contributed by atoms with Crippen LogP contribution in [0.1, 0.15) is 25.4 Å². The van der Waals surface area contributed by atoms with Crippen molar-refractivity contribution in [3.63, 3.8) is 0 Å². The van der Waals surface area contributed by atoms with Crippen LogP contribution >= 0.6 is 11.8 Å². The minimum absolute atomic E-state index is 0.452. The van der Waals surface area contributed by atoms with Gasteiger partial charge in [-0.25, -0.2) is 4.98 Å². The lowest BCUT2D eigenvalue weighted by molar-refractivity contribution is 0.444. The first-order valence-corrected chi connectivity index (χ1v) is 7.98. The topological polar surface area (TPSA) is 51.2 Å². The Kier molecular flexibility index (Phi) is 4.31. The highest BCUT2D eigenvalue weighted by Gasteiger charge is 2.08. The van der Waals surface area contributed by atoms with Gasteiger partial charge in [-0.2, -0.15) is 0 Å². The molecular weight excluding hydrogens is 284 g/mol. The van der Waals surface area contributed by atoms with E-state index in [9.17, 15) is 0 Å². The zero-order valence-corrected chi connectivity index (χ0v) is 12.9. The van der Waals surface area contributed by atoms with Crippen LogP contribution in [-0.4, -0.2) is 11.0 Å². The summed E-state index contributed by atoms with van der Waals surface area (Å²) in [5, 5.41) is 4.01. The van der Waals surface area contributed by atoms with Gasteiger partial charge >= 0.3 is 0 Å². The van der Waals surface area contributed by atoms with E-state index < -0.39 is 0 Å². The Bertz CT molecular complexity index is 685. The Morgan fingerprint density at radius 2 is 1.90 bits per heavy atom. The summed E-state index contributed by atoms with van der Waals surface area (Å²) in [7, 11) is 0. The van der Waals surface area contributed by atoms with Crippen molar-refractivity contribution in [3.8, 4) is 0 Å². The van der Waals surface area contributed by atoms with Gasteiger partial charge in [0.25, 0.3) is 5.22 Å². The number of rotatable bonds is 6. The minimum atomic E-state index is 0.452. The van der Waals surface area contributed by atoms with Crippen molar-refractivity contribution in [2.75, 3.05) is 0 Å². The maximum atomic E-state index is 5.78. The predicted octanol–water partition coefficient (Wildman–Crippen LogP) is 4.21. The zero-order valence-electron chi connectivity index (χ0n) is 12.1. The highest BCUT2D eigenvalue weighted by atomic mass is 32.2. The first kappa shape index (κ1) is 14.2. The van der Waals surface area contributed by atoms with Crippen molar-refractivity contribution in [1.82, 2.24) is 10.3 Å². The van der Waals surface area contributed by atoms with Gasteiger partial charge in [0.2, 0.25) is 0 Å². The number of oxazole rings is 1. The Labute approximate surface area is 127 Å². The molecule has 110 valence electrons. The van der Waals surface area contributed by atoms with E-state index in [1.54, 1.807) is 11.8 Å². The van der Waals surface area contributed by atoms with E-state index in [1.807, 2.05) is 36.4 Å². The number of para-hydroxylation sites is 2. The number of fused-ring (bicyclic) bond motifs is 1. The van der Waals surface area contributed by atoms with Gasteiger partial charge in [0.15, 0.2) is 5.58 Å². The van der Waals surface area contributed by atoms with E-state index in [2.05, 4.69) is 24.1 Å². The minimum Gasteiger partial charge on any atom is -0.464 e. The predicted molar refractivity (Wildman–Crippen MR) is 84.3 cm³/mol. The number of aromatic nitrogens is 1. The van der Waals surface area contributed by atoms with E-state index in [1.165, 1.54) is 0 Å². The van der Waals surface area contributed by atoms with Crippen LogP contribution in [0.4, 0.5) is 0 Å². The molecule has 0 saturated heterocycles. The summed E-state index contributed by atoms with van der Waals surface area (Å²) in [4.78, 5) is 4.44. The third-order valence-electron chi connectivity index (χ3n) is 3.01. The number of thioether (sulfide) groups is 1. The van der Waals surface area contributed by atoms with E-state index in [0.717, 1.165) is 29.2 Å². The summed E-state index contributed by atoms with van der Waals surface area (Å²) in [5.74, 6) is 2.61. The molecule has 0 saturated carbocycles. The smallest absolute Gasteiger partial charge is 0.257 e. The molecule has 0 radical (unpaired) electrons. The molecule has 0 unspecified atom stereocenters. The SMILES string of the molecule is CC(C)NCc1ccc(CSc2nc3ccccc3o2)o1. The molecule has 0 spiro atoms. The molecule has 2 heterocycles. The summed E-state index contributed by atoms with van der Waals surface area (Å²) >= 11 is 1.55. The average molecular weight is 302 g/mol. The standard InChI is InChI=1S/C16H18N2O2S/c1-11(2)17-9-12-7-8-13(19-12)10-21-16-18-14-5-3-4-6-15(14)20-16/h3-8,11,17H,9-10H2,1-2H3. The van der Waals surface area contributed by atoms with E-state index in [4.69, 9.17) is 8.83 Å². The molecule has 0 atom stereocenters. The molecule has 0 bridgehead atoms. The van der Waals surface area contributed by atoms with E-state index >= 15 is 0 Å². The Balaban J connectivity index is 1.59. The van der Waals surface area contributed by atoms with Crippen LogP contribution in [0.2, 0.25) is 0 Å². The largest absolute Gasteiger partial charge is 0.464 e. The van der Waals surface area contributed by atoms with Crippen molar-refractivity contribution in [2.45, 2.75) is 37.4 Å². The number of hydrogen-bond acceptors (Lipinski definition) is 5. The second-order valence-corrected chi connectivity index (χ2v) is 6.07. The van der Waals surface area contributed by atoms with Crippen molar-refractivity contribution in [2.24, 2.45) is 0 Å². The monoisotopic (exact) mass is 302 g/mol. The molecule has 0 aliphatic rings. The lowest BCUT2D eigenvalue weighted by Gasteiger charge is -2.04. The molecule has 0 aliphatic carbocycles. The van der Waals surface area contributed by atoms with Crippen LogP contribution in [0.25, 0.3) is 11.1 Å². The fourth-order valence-electron chi connectivity index (χ4n) is 1.95. The van der Waals surface area contributed by atoms with Gasteiger partial charge in [0, 0.05) is 6.04 Å². The van der Waals surface area contributed by atoms with Gasteiger partial charge < -0.3 is 14.2 Å². The number of nitrogens with zero attached hydrogens (tertiary/aromatic N) is 1. The van der Waals surface area contributed by atoms with Crippen molar-refractivity contribution in [3.05, 3.63) is 47.9 Å². The first-order valence-electron chi connectivity index (χ1n) is 7.00. The summed E-state index contributed by atoms with van der Waals surface area (Å²) < 4.78 is 11.5. The second-order valence-electron chi connectivity index (χ2n) is 5.14. The Hall–Kier alpha value is -1.72. The summed E-state index contributed by atoms with van der Waals surface area (Å²) in [6, 6.07) is 12.3. The second kappa shape index (κ2) is 6.37. The lowest BCUT2D eigenvalue weighted by Crippen LogP contribution is -2.21. The average Bonchev–Trinajstić information content (AvgIpc) is 3.09. The molecule has 0 aliphatic heterocycles. The number of hydrogen-bond donors (Lipinski definition) is 1. The van der Waals surface area contributed by atoms with Crippen LogP contribution in [-0.2, 0) is 12.3 Å². The summed E-state index contributed by atoms with van der Waals surface area (Å²) in [6.07, 6.45) is 0. The van der Waals surface area contributed by atoms with Gasteiger partial charge in [0.1, 0.15) is 17.0 Å². The fourth-order valence-corrected chi connectivity index (χ4v) is 2.68. The molecule has 5 heteroatoms. The number of benzene rings is 1. The zero-order chi connectivity index (χ0) is 14.7. The molecular formula is C16H18N2O2S. The molecule has 1 N–H and O–H groups in total. The Morgan fingerprint density at radius 1 is 1.10 bits per heavy atom. The van der Waals surface area contributed by atoms with Gasteiger partial charge in [-0.3, -0.25) is 0 Å². The van der Waals surface area contributed by atoms with Gasteiger partial charge in [0.05, 0.1) is 12.3 Å². The maximum Gasteiger partial charge on any atom is 0.257 e. The normalized spacial score (nSPS) is 11.6. The highest BCUT2D eigenvalue weighted by molar-refractivity contribution is 7.98. The molecule has 1 aromatic carbocycles. The lowest BCUT2D eigenvalue weighted by atomic mass is 10.3. The molecule has 21 heavy (non-hydrogen) atoms. The van der Waals surface area contributed by atoms with E-state index in [-0.39, 0.29) is 0 Å². The van der Waals surface area contributed by atoms with Gasteiger partial charge in [-0.05, 0) is 24.3 Å². The van der Waals surface area contributed by atoms with Crippen molar-refractivity contribution < 1.29 is 8.83 Å². The molecule has 3 aromatic rings. The third kappa shape index (κ3) is 3.68. The molecule has 0 amide bonds. The van der Waals surface area contributed by atoms with Gasteiger partial charge in [-0.1, -0.05) is 37.7 Å².